The van der Waals surface area contributed by atoms with Crippen LogP contribution in [0, 0.1) is 0 Å². The molecule has 0 radical (unpaired) electrons. The first kappa shape index (κ1) is 15.4. The summed E-state index contributed by atoms with van der Waals surface area (Å²) in [5.41, 5.74) is 1.18. The molecule has 106 valence electrons. The highest BCUT2D eigenvalue weighted by Gasteiger charge is 2.15. The predicted molar refractivity (Wildman–Crippen MR) is 88.3 cm³/mol. The lowest BCUT2D eigenvalue weighted by Gasteiger charge is -2.18. The van der Waals surface area contributed by atoms with Gasteiger partial charge in [0.15, 0.2) is 0 Å². The third kappa shape index (κ3) is 4.27. The second kappa shape index (κ2) is 7.72. The van der Waals surface area contributed by atoms with Gasteiger partial charge in [-0.1, -0.05) is 53.2 Å². The van der Waals surface area contributed by atoms with Crippen molar-refractivity contribution in [1.29, 1.82) is 0 Å². The third-order valence-corrected chi connectivity index (χ3v) is 5.01. The molecule has 2 nitrogen and oxygen atoms in total. The van der Waals surface area contributed by atoms with Gasteiger partial charge in [0, 0.05) is 21.2 Å². The minimum absolute atomic E-state index is 0.116. The Balaban J connectivity index is 2.12. The van der Waals surface area contributed by atoms with E-state index in [1.54, 1.807) is 0 Å². The van der Waals surface area contributed by atoms with Crippen molar-refractivity contribution in [2.24, 2.45) is 0 Å². The van der Waals surface area contributed by atoms with E-state index in [0.29, 0.717) is 5.75 Å². The number of rotatable bonds is 6. The highest BCUT2D eigenvalue weighted by atomic mass is 79.9. The van der Waals surface area contributed by atoms with Gasteiger partial charge in [-0.3, -0.25) is 4.21 Å². The maximum Gasteiger partial charge on any atom is 0.0548 e. The summed E-state index contributed by atoms with van der Waals surface area (Å²) in [6.45, 7) is 2.93. The summed E-state index contributed by atoms with van der Waals surface area (Å²) in [4.78, 5) is 0.868. The zero-order valence-corrected chi connectivity index (χ0v) is 13.8. The molecule has 2 rings (SSSR count). The summed E-state index contributed by atoms with van der Waals surface area (Å²) in [6.07, 6.45) is 0. The first-order valence-electron chi connectivity index (χ1n) is 6.63. The molecule has 0 fully saturated rings. The fraction of sp³-hybridized carbons (Fsp3) is 0.250. The van der Waals surface area contributed by atoms with Gasteiger partial charge in [-0.2, -0.15) is 0 Å². The van der Waals surface area contributed by atoms with Crippen LogP contribution in [0.4, 0.5) is 0 Å². The minimum Gasteiger partial charge on any atom is -0.309 e. The van der Waals surface area contributed by atoms with Gasteiger partial charge in [-0.15, -0.1) is 0 Å². The lowest BCUT2D eigenvalue weighted by Crippen LogP contribution is -2.26. The molecule has 1 N–H and O–H groups in total. The standard InChI is InChI=1S/C16H18BrNOS/c1-2-18-16(13-6-4-3-5-7-13)12-20(19)15-10-8-14(17)9-11-15/h3-11,16,18H,2,12H2,1H3. The van der Waals surface area contributed by atoms with Gasteiger partial charge in [0.25, 0.3) is 0 Å². The van der Waals surface area contributed by atoms with E-state index in [9.17, 15) is 4.21 Å². The van der Waals surface area contributed by atoms with Gasteiger partial charge in [0.2, 0.25) is 0 Å². The van der Waals surface area contributed by atoms with Gasteiger partial charge in [0.1, 0.15) is 0 Å². The fourth-order valence-corrected chi connectivity index (χ4v) is 3.55. The molecule has 0 aromatic heterocycles. The summed E-state index contributed by atoms with van der Waals surface area (Å²) < 4.78 is 13.5. The van der Waals surface area contributed by atoms with Crippen molar-refractivity contribution in [3.05, 3.63) is 64.6 Å². The zero-order valence-electron chi connectivity index (χ0n) is 11.4. The van der Waals surface area contributed by atoms with Crippen molar-refractivity contribution >= 4 is 26.7 Å². The van der Waals surface area contributed by atoms with Crippen LogP contribution < -0.4 is 5.32 Å². The Labute approximate surface area is 131 Å². The Morgan fingerprint density at radius 3 is 2.35 bits per heavy atom. The van der Waals surface area contributed by atoms with Gasteiger partial charge < -0.3 is 5.32 Å². The van der Waals surface area contributed by atoms with Crippen molar-refractivity contribution < 1.29 is 4.21 Å². The third-order valence-electron chi connectivity index (χ3n) is 3.05. The van der Waals surface area contributed by atoms with E-state index < -0.39 is 10.8 Å². The molecular formula is C16H18BrNOS. The first-order valence-corrected chi connectivity index (χ1v) is 8.74. The molecule has 0 aliphatic rings. The molecule has 4 heteroatoms. The smallest absolute Gasteiger partial charge is 0.0548 e. The SMILES string of the molecule is CCNC(CS(=O)c1ccc(Br)cc1)c1ccccc1. The molecule has 0 aliphatic heterocycles. The molecule has 20 heavy (non-hydrogen) atoms. The minimum atomic E-state index is -1.01. The van der Waals surface area contributed by atoms with E-state index >= 15 is 0 Å². The summed E-state index contributed by atoms with van der Waals surface area (Å²) in [6, 6.07) is 18.0. The van der Waals surface area contributed by atoms with E-state index in [-0.39, 0.29) is 6.04 Å². The van der Waals surface area contributed by atoms with Crippen LogP contribution in [0.25, 0.3) is 0 Å². The summed E-state index contributed by atoms with van der Waals surface area (Å²) in [5, 5.41) is 3.41. The largest absolute Gasteiger partial charge is 0.309 e. The average molecular weight is 352 g/mol. The summed E-state index contributed by atoms with van der Waals surface area (Å²) in [5.74, 6) is 0.583. The number of hydrogen-bond acceptors (Lipinski definition) is 2. The van der Waals surface area contributed by atoms with E-state index in [0.717, 1.165) is 15.9 Å². The van der Waals surface area contributed by atoms with Crippen LogP contribution in [0.15, 0.2) is 64.0 Å². The monoisotopic (exact) mass is 351 g/mol. The van der Waals surface area contributed by atoms with Crippen molar-refractivity contribution in [2.45, 2.75) is 17.9 Å². The summed E-state index contributed by atoms with van der Waals surface area (Å²) in [7, 11) is -1.01. The number of hydrogen-bond donors (Lipinski definition) is 1. The molecule has 2 unspecified atom stereocenters. The van der Waals surface area contributed by atoms with Crippen LogP contribution in [-0.4, -0.2) is 16.5 Å². The van der Waals surface area contributed by atoms with E-state index in [1.807, 2.05) is 42.5 Å². The molecule has 0 saturated carbocycles. The zero-order chi connectivity index (χ0) is 14.4. The number of benzene rings is 2. The maximum atomic E-state index is 12.5. The van der Waals surface area contributed by atoms with Crippen LogP contribution in [-0.2, 0) is 10.8 Å². The Morgan fingerprint density at radius 2 is 1.75 bits per heavy atom. The number of halogens is 1. The molecule has 2 aromatic carbocycles. The molecule has 2 atom stereocenters. The van der Waals surface area contributed by atoms with E-state index in [1.165, 1.54) is 5.56 Å². The van der Waals surface area contributed by atoms with E-state index in [4.69, 9.17) is 0 Å². The van der Waals surface area contributed by atoms with Crippen LogP contribution in [0.2, 0.25) is 0 Å². The lowest BCUT2D eigenvalue weighted by atomic mass is 10.1. The van der Waals surface area contributed by atoms with Crippen molar-refractivity contribution in [2.75, 3.05) is 12.3 Å². The topological polar surface area (TPSA) is 29.1 Å². The Kier molecular flexibility index (Phi) is 5.95. The normalized spacial score (nSPS) is 13.9. The molecule has 0 heterocycles. The predicted octanol–water partition coefficient (Wildman–Crippen LogP) is 3.91. The van der Waals surface area contributed by atoms with Crippen LogP contribution in [0.3, 0.4) is 0 Å². The average Bonchev–Trinajstić information content (AvgIpc) is 2.48. The van der Waals surface area contributed by atoms with Gasteiger partial charge in [0.05, 0.1) is 10.8 Å². The number of nitrogens with one attached hydrogen (secondary N) is 1. The van der Waals surface area contributed by atoms with Gasteiger partial charge in [-0.25, -0.2) is 0 Å². The molecule has 0 aliphatic carbocycles. The molecule has 2 aromatic rings. The van der Waals surface area contributed by atoms with Gasteiger partial charge >= 0.3 is 0 Å². The van der Waals surface area contributed by atoms with E-state index in [2.05, 4.69) is 40.3 Å². The van der Waals surface area contributed by atoms with Crippen LogP contribution >= 0.6 is 15.9 Å². The Morgan fingerprint density at radius 1 is 1.10 bits per heavy atom. The Hall–Kier alpha value is -0.970. The van der Waals surface area contributed by atoms with Gasteiger partial charge in [-0.05, 0) is 36.4 Å². The highest BCUT2D eigenvalue weighted by Crippen LogP contribution is 2.19. The second-order valence-corrected chi connectivity index (χ2v) is 6.90. The van der Waals surface area contributed by atoms with Crippen molar-refractivity contribution in [1.82, 2.24) is 5.32 Å². The fourth-order valence-electron chi connectivity index (χ4n) is 2.04. The summed E-state index contributed by atoms with van der Waals surface area (Å²) >= 11 is 3.40. The molecule has 0 amide bonds. The van der Waals surface area contributed by atoms with Crippen LogP contribution in [0.1, 0.15) is 18.5 Å². The second-order valence-electron chi connectivity index (χ2n) is 4.49. The molecule has 0 saturated heterocycles. The van der Waals surface area contributed by atoms with Crippen molar-refractivity contribution in [3.8, 4) is 0 Å². The first-order chi connectivity index (χ1) is 9.70. The quantitative estimate of drug-likeness (QED) is 0.854. The lowest BCUT2D eigenvalue weighted by molar-refractivity contribution is 0.594. The molecule has 0 spiro atoms. The molecular weight excluding hydrogens is 334 g/mol. The molecule has 0 bridgehead atoms. The van der Waals surface area contributed by atoms with Crippen LogP contribution in [0.5, 0.6) is 0 Å². The Bertz CT molecular complexity index is 556. The highest BCUT2D eigenvalue weighted by molar-refractivity contribution is 9.10. The van der Waals surface area contributed by atoms with Crippen molar-refractivity contribution in [3.63, 3.8) is 0 Å². The maximum absolute atomic E-state index is 12.5.